The van der Waals surface area contributed by atoms with Crippen molar-refractivity contribution in [3.05, 3.63) is 35.7 Å². The number of alkyl halides is 3. The lowest BCUT2D eigenvalue weighted by Gasteiger charge is -2.18. The molecule has 1 saturated heterocycles. The van der Waals surface area contributed by atoms with E-state index in [1.165, 1.54) is 12.1 Å². The van der Waals surface area contributed by atoms with E-state index in [0.717, 1.165) is 38.1 Å². The van der Waals surface area contributed by atoms with Crippen molar-refractivity contribution in [1.82, 2.24) is 15.5 Å². The molecule has 21 heavy (non-hydrogen) atoms. The van der Waals surface area contributed by atoms with E-state index in [2.05, 4.69) is 15.5 Å². The van der Waals surface area contributed by atoms with Gasteiger partial charge in [-0.1, -0.05) is 17.3 Å². The van der Waals surface area contributed by atoms with Crippen molar-refractivity contribution >= 4 is 0 Å². The molecule has 2 aromatic rings. The second-order valence-electron chi connectivity index (χ2n) is 5.07. The van der Waals surface area contributed by atoms with Crippen LogP contribution in [0.1, 0.15) is 30.2 Å². The van der Waals surface area contributed by atoms with Gasteiger partial charge >= 0.3 is 6.18 Å². The Morgan fingerprint density at radius 3 is 2.57 bits per heavy atom. The first-order chi connectivity index (χ1) is 10.0. The Kier molecular flexibility index (Phi) is 3.67. The fourth-order valence-electron chi connectivity index (χ4n) is 2.39. The van der Waals surface area contributed by atoms with Crippen LogP contribution < -0.4 is 5.32 Å². The zero-order chi connectivity index (χ0) is 14.9. The normalized spacial score (nSPS) is 19.7. The molecule has 3 rings (SSSR count). The van der Waals surface area contributed by atoms with E-state index in [0.29, 0.717) is 17.3 Å². The molecule has 1 unspecified atom stereocenters. The number of piperidine rings is 1. The molecule has 112 valence electrons. The summed E-state index contributed by atoms with van der Waals surface area (Å²) in [5, 5.41) is 7.11. The summed E-state index contributed by atoms with van der Waals surface area (Å²) in [6.07, 6.45) is -2.32. The van der Waals surface area contributed by atoms with Crippen LogP contribution in [-0.4, -0.2) is 23.2 Å². The lowest BCUT2D eigenvalue weighted by Crippen LogP contribution is -2.28. The van der Waals surface area contributed by atoms with Gasteiger partial charge in [0.1, 0.15) is 0 Å². The van der Waals surface area contributed by atoms with Crippen molar-refractivity contribution in [3.63, 3.8) is 0 Å². The SMILES string of the molecule is FC(F)(F)c1ccc(-c2noc(C3CCCNC3)n2)cc1. The Morgan fingerprint density at radius 2 is 1.95 bits per heavy atom. The Hall–Kier alpha value is -1.89. The number of benzene rings is 1. The van der Waals surface area contributed by atoms with Gasteiger partial charge in [0.05, 0.1) is 11.5 Å². The minimum atomic E-state index is -4.34. The summed E-state index contributed by atoms with van der Waals surface area (Å²) in [6, 6.07) is 4.76. The Balaban J connectivity index is 1.79. The molecule has 2 heterocycles. The first-order valence-electron chi connectivity index (χ1n) is 6.76. The minimum absolute atomic E-state index is 0.175. The van der Waals surface area contributed by atoms with E-state index >= 15 is 0 Å². The predicted molar refractivity (Wildman–Crippen MR) is 69.6 cm³/mol. The van der Waals surface area contributed by atoms with Gasteiger partial charge in [-0.2, -0.15) is 18.2 Å². The van der Waals surface area contributed by atoms with Crippen LogP contribution >= 0.6 is 0 Å². The number of nitrogens with zero attached hydrogens (tertiary/aromatic N) is 2. The topological polar surface area (TPSA) is 51.0 Å². The van der Waals surface area contributed by atoms with Gasteiger partial charge in [-0.15, -0.1) is 0 Å². The van der Waals surface area contributed by atoms with Crippen LogP contribution in [0.5, 0.6) is 0 Å². The van der Waals surface area contributed by atoms with Gasteiger partial charge in [0, 0.05) is 12.1 Å². The molecule has 7 heteroatoms. The van der Waals surface area contributed by atoms with Crippen LogP contribution in [-0.2, 0) is 6.18 Å². The van der Waals surface area contributed by atoms with Gasteiger partial charge in [0.15, 0.2) is 0 Å². The van der Waals surface area contributed by atoms with Gasteiger partial charge in [-0.3, -0.25) is 0 Å². The van der Waals surface area contributed by atoms with Crippen LogP contribution in [0, 0.1) is 0 Å². The highest BCUT2D eigenvalue weighted by molar-refractivity contribution is 5.54. The molecule has 0 radical (unpaired) electrons. The van der Waals surface area contributed by atoms with Crippen LogP contribution in [0.25, 0.3) is 11.4 Å². The maximum absolute atomic E-state index is 12.5. The van der Waals surface area contributed by atoms with Crippen molar-refractivity contribution in [1.29, 1.82) is 0 Å². The standard InChI is InChI=1S/C14H14F3N3O/c15-14(16,17)11-5-3-9(4-6-11)12-19-13(21-20-12)10-2-1-7-18-8-10/h3-6,10,18H,1-2,7-8H2. The fourth-order valence-corrected chi connectivity index (χ4v) is 2.39. The molecule has 0 spiro atoms. The monoisotopic (exact) mass is 297 g/mol. The van der Waals surface area contributed by atoms with Gasteiger partial charge in [0.2, 0.25) is 11.7 Å². The fraction of sp³-hybridized carbons (Fsp3) is 0.429. The molecule has 1 aromatic heterocycles. The Labute approximate surface area is 119 Å². The molecule has 1 aromatic carbocycles. The van der Waals surface area contributed by atoms with Crippen molar-refractivity contribution in [3.8, 4) is 11.4 Å². The van der Waals surface area contributed by atoms with Crippen molar-refractivity contribution in [2.24, 2.45) is 0 Å². The average Bonchev–Trinajstić information content (AvgIpc) is 2.97. The Morgan fingerprint density at radius 1 is 1.19 bits per heavy atom. The third-order valence-electron chi connectivity index (χ3n) is 3.56. The minimum Gasteiger partial charge on any atom is -0.339 e. The molecular weight excluding hydrogens is 283 g/mol. The van der Waals surface area contributed by atoms with Crippen LogP contribution in [0.3, 0.4) is 0 Å². The molecule has 1 aliphatic rings. The number of aromatic nitrogens is 2. The van der Waals surface area contributed by atoms with Gasteiger partial charge in [-0.25, -0.2) is 0 Å². The predicted octanol–water partition coefficient (Wildman–Crippen LogP) is 3.22. The van der Waals surface area contributed by atoms with Crippen LogP contribution in [0.2, 0.25) is 0 Å². The molecule has 4 nitrogen and oxygen atoms in total. The molecule has 0 amide bonds. The van der Waals surface area contributed by atoms with Crippen LogP contribution in [0.15, 0.2) is 28.8 Å². The summed E-state index contributed by atoms with van der Waals surface area (Å²) in [5.74, 6) is 1.04. The summed E-state index contributed by atoms with van der Waals surface area (Å²) in [6.45, 7) is 1.77. The zero-order valence-electron chi connectivity index (χ0n) is 11.2. The zero-order valence-corrected chi connectivity index (χ0v) is 11.2. The summed E-state index contributed by atoms with van der Waals surface area (Å²) < 4.78 is 42.8. The number of halogens is 3. The van der Waals surface area contributed by atoms with Crippen molar-refractivity contribution in [2.45, 2.75) is 24.9 Å². The van der Waals surface area contributed by atoms with Gasteiger partial charge < -0.3 is 9.84 Å². The summed E-state index contributed by atoms with van der Waals surface area (Å²) >= 11 is 0. The highest BCUT2D eigenvalue weighted by atomic mass is 19.4. The molecule has 1 aliphatic heterocycles. The molecule has 0 bridgehead atoms. The lowest BCUT2D eigenvalue weighted by molar-refractivity contribution is -0.137. The molecule has 0 saturated carbocycles. The number of nitrogens with one attached hydrogen (secondary N) is 1. The van der Waals surface area contributed by atoms with E-state index in [1.807, 2.05) is 0 Å². The van der Waals surface area contributed by atoms with Crippen molar-refractivity contribution < 1.29 is 17.7 Å². The summed E-state index contributed by atoms with van der Waals surface area (Å²) in [7, 11) is 0. The van der Waals surface area contributed by atoms with Gasteiger partial charge in [-0.05, 0) is 31.5 Å². The highest BCUT2D eigenvalue weighted by Gasteiger charge is 2.30. The van der Waals surface area contributed by atoms with Crippen molar-refractivity contribution in [2.75, 3.05) is 13.1 Å². The first kappa shape index (κ1) is 14.1. The van der Waals surface area contributed by atoms with E-state index in [1.54, 1.807) is 0 Å². The number of hydrogen-bond donors (Lipinski definition) is 1. The van der Waals surface area contributed by atoms with Crippen LogP contribution in [0.4, 0.5) is 13.2 Å². The second kappa shape index (κ2) is 5.48. The number of rotatable bonds is 2. The summed E-state index contributed by atoms with van der Waals surface area (Å²) in [5.41, 5.74) is -0.173. The lowest BCUT2D eigenvalue weighted by atomic mass is 10.00. The molecular formula is C14H14F3N3O. The maximum Gasteiger partial charge on any atom is 0.416 e. The highest BCUT2D eigenvalue weighted by Crippen LogP contribution is 2.31. The third kappa shape index (κ3) is 3.07. The molecule has 1 fully saturated rings. The summed E-state index contributed by atoms with van der Waals surface area (Å²) in [4.78, 5) is 4.30. The van der Waals surface area contributed by atoms with Gasteiger partial charge in [0.25, 0.3) is 0 Å². The first-order valence-corrected chi connectivity index (χ1v) is 6.76. The quantitative estimate of drug-likeness (QED) is 0.924. The molecule has 1 N–H and O–H groups in total. The molecule has 1 atom stereocenters. The van der Waals surface area contributed by atoms with E-state index in [9.17, 15) is 13.2 Å². The second-order valence-corrected chi connectivity index (χ2v) is 5.07. The largest absolute Gasteiger partial charge is 0.416 e. The third-order valence-corrected chi connectivity index (χ3v) is 3.56. The van der Waals surface area contributed by atoms with E-state index < -0.39 is 11.7 Å². The molecule has 0 aliphatic carbocycles. The van der Waals surface area contributed by atoms with E-state index in [4.69, 9.17) is 4.52 Å². The number of hydrogen-bond acceptors (Lipinski definition) is 4. The smallest absolute Gasteiger partial charge is 0.339 e. The maximum atomic E-state index is 12.5. The van der Waals surface area contributed by atoms with E-state index in [-0.39, 0.29) is 5.92 Å². The Bertz CT molecular complexity index is 601. The average molecular weight is 297 g/mol.